The zero-order valence-corrected chi connectivity index (χ0v) is 26.5. The van der Waals surface area contributed by atoms with E-state index in [1.807, 2.05) is 109 Å². The van der Waals surface area contributed by atoms with Gasteiger partial charge < -0.3 is 0 Å². The Morgan fingerprint density at radius 1 is 0.634 bits per heavy atom. The first-order valence-corrected chi connectivity index (χ1v) is 20.0. The van der Waals surface area contributed by atoms with E-state index >= 15 is 0 Å². The van der Waals surface area contributed by atoms with Crippen LogP contribution in [0.1, 0.15) is 4.88 Å². The molecule has 0 aliphatic carbocycles. The Kier molecular flexibility index (Phi) is 8.33. The molecule has 0 aliphatic heterocycles. The Morgan fingerprint density at radius 3 is 1.59 bits per heavy atom. The summed E-state index contributed by atoms with van der Waals surface area (Å²) in [6.07, 6.45) is 0.119. The number of halogens is 1. The summed E-state index contributed by atoms with van der Waals surface area (Å²) in [5.41, 5.74) is 2.71. The molecule has 3 nitrogen and oxygen atoms in total. The van der Waals surface area contributed by atoms with Crippen molar-refractivity contribution < 1.29 is 7.87 Å². The fraction of sp³-hybridized carbons (Fsp3) is 0.0286. The molecule has 0 unspecified atom stereocenters. The Morgan fingerprint density at radius 2 is 1.10 bits per heavy atom. The van der Waals surface area contributed by atoms with Gasteiger partial charge in [-0.2, -0.15) is 0 Å². The van der Waals surface area contributed by atoms with Crippen molar-refractivity contribution in [2.24, 2.45) is 0 Å². The van der Waals surface area contributed by atoms with Crippen molar-refractivity contribution in [1.29, 1.82) is 0 Å². The number of aromatic nitrogens is 1. The molecule has 0 amide bonds. The number of nitrogens with zero attached hydrogens (tertiary/aromatic N) is 1. The third-order valence-corrected chi connectivity index (χ3v) is 19.6. The molecular formula is C35H26ClNO2SSn. The zero-order valence-electron chi connectivity index (χ0n) is 22.1. The van der Waals surface area contributed by atoms with Gasteiger partial charge in [-0.15, -0.1) is 0 Å². The second-order valence-corrected chi connectivity index (χ2v) is 20.5. The minimum absolute atomic E-state index is 0.119. The van der Waals surface area contributed by atoms with Crippen LogP contribution in [0, 0.1) is 0 Å². The molecule has 41 heavy (non-hydrogen) atoms. The predicted molar refractivity (Wildman–Crippen MR) is 172 cm³/mol. The Hall–Kier alpha value is -3.71. The number of hydrogen-bond donors (Lipinski definition) is 0. The monoisotopic (exact) mass is 679 g/mol. The first-order valence-electron chi connectivity index (χ1n) is 13.3. The van der Waals surface area contributed by atoms with Crippen molar-refractivity contribution in [3.05, 3.63) is 155 Å². The molecule has 0 N–H and O–H groups in total. The second-order valence-electron chi connectivity index (χ2n) is 9.59. The quantitative estimate of drug-likeness (QED) is 0.165. The molecule has 6 rings (SSSR count). The molecule has 6 heteroatoms. The molecule has 0 fully saturated rings. The maximum atomic E-state index is 14.1. The Labute approximate surface area is 253 Å². The van der Waals surface area contributed by atoms with Crippen LogP contribution in [0.5, 0.6) is 0 Å². The molecule has 1 heterocycles. The summed E-state index contributed by atoms with van der Waals surface area (Å²) in [5, 5.41) is 1.52. The summed E-state index contributed by atoms with van der Waals surface area (Å²) in [6, 6.07) is 48.4. The van der Waals surface area contributed by atoms with E-state index < -0.39 is 18.8 Å². The fourth-order valence-corrected chi connectivity index (χ4v) is 17.0. The average Bonchev–Trinajstić information content (AvgIpc) is 3.45. The summed E-state index contributed by atoms with van der Waals surface area (Å²) < 4.78 is 10.1. The van der Waals surface area contributed by atoms with Crippen molar-refractivity contribution in [2.75, 3.05) is 0 Å². The van der Waals surface area contributed by atoms with Crippen LogP contribution >= 0.6 is 22.9 Å². The normalized spacial score (nSPS) is 11.2. The molecule has 200 valence electrons. The molecule has 0 saturated heterocycles. The summed E-state index contributed by atoms with van der Waals surface area (Å²) in [6.45, 7) is 0. The van der Waals surface area contributed by atoms with E-state index in [-0.39, 0.29) is 12.4 Å². The van der Waals surface area contributed by atoms with Gasteiger partial charge in [-0.25, -0.2) is 0 Å². The van der Waals surface area contributed by atoms with E-state index in [0.29, 0.717) is 5.02 Å². The number of rotatable bonds is 8. The van der Waals surface area contributed by atoms with Crippen LogP contribution in [0.4, 0.5) is 0 Å². The van der Waals surface area contributed by atoms with Crippen molar-refractivity contribution >= 4 is 58.4 Å². The van der Waals surface area contributed by atoms with E-state index in [4.69, 9.17) is 19.7 Å². The maximum absolute atomic E-state index is 14.1. The molecule has 0 atom stereocenters. The van der Waals surface area contributed by atoms with E-state index in [1.165, 1.54) is 11.3 Å². The Balaban J connectivity index is 1.44. The van der Waals surface area contributed by atoms with Gasteiger partial charge in [-0.1, -0.05) is 0 Å². The van der Waals surface area contributed by atoms with Crippen LogP contribution in [-0.2, 0) is 14.3 Å². The van der Waals surface area contributed by atoms with Gasteiger partial charge >= 0.3 is 255 Å². The third-order valence-electron chi connectivity index (χ3n) is 6.95. The molecular weight excluding hydrogens is 653 g/mol. The van der Waals surface area contributed by atoms with E-state index in [1.54, 1.807) is 0 Å². The van der Waals surface area contributed by atoms with Gasteiger partial charge in [-0.05, 0) is 0 Å². The fourth-order valence-electron chi connectivity index (χ4n) is 5.04. The molecule has 0 bridgehead atoms. The molecule has 6 aromatic rings. The average molecular weight is 679 g/mol. The van der Waals surface area contributed by atoms with Crippen LogP contribution in [0.3, 0.4) is 0 Å². The zero-order chi connectivity index (χ0) is 28.1. The molecule has 0 aliphatic rings. The van der Waals surface area contributed by atoms with Gasteiger partial charge in [-0.3, -0.25) is 0 Å². The summed E-state index contributed by atoms with van der Waals surface area (Å²) in [4.78, 5) is 20.0. The number of carbonyl (C=O) groups is 1. The second kappa shape index (κ2) is 12.4. The summed E-state index contributed by atoms with van der Waals surface area (Å²) in [5.74, 6) is -0.254. The van der Waals surface area contributed by atoms with E-state index in [2.05, 4.69) is 36.4 Å². The van der Waals surface area contributed by atoms with Crippen LogP contribution in [0.25, 0.3) is 21.8 Å². The van der Waals surface area contributed by atoms with Crippen LogP contribution in [0.2, 0.25) is 5.02 Å². The number of carbonyl (C=O) groups excluding carboxylic acids is 1. The predicted octanol–water partition coefficient (Wildman–Crippen LogP) is 6.88. The number of thiazole rings is 1. The standard InChI is InChI=1S/C17H12ClNO2S.3C6H5.Sn/c18-13-8-6-11(7-9-13)16-14(10-15(20)21)22-17(19-16)12-4-2-1-3-5-12;3*1-2-4-6-5-3-1;/h1-9H,10H2,(H,20,21);3*1-5H;/q;;;;+1/p-1. The van der Waals surface area contributed by atoms with Crippen molar-refractivity contribution in [2.45, 2.75) is 6.42 Å². The van der Waals surface area contributed by atoms with E-state index in [9.17, 15) is 4.79 Å². The summed E-state index contributed by atoms with van der Waals surface area (Å²) in [7, 11) is 0. The van der Waals surface area contributed by atoms with Crippen molar-refractivity contribution in [3.63, 3.8) is 0 Å². The van der Waals surface area contributed by atoms with Gasteiger partial charge in [0.1, 0.15) is 0 Å². The molecule has 1 aromatic heterocycles. The van der Waals surface area contributed by atoms with Crippen LogP contribution in [0.15, 0.2) is 146 Å². The van der Waals surface area contributed by atoms with Crippen LogP contribution in [-0.4, -0.2) is 29.7 Å². The first-order chi connectivity index (χ1) is 20.1. The van der Waals surface area contributed by atoms with Gasteiger partial charge in [0, 0.05) is 0 Å². The summed E-state index contributed by atoms with van der Waals surface area (Å²) >= 11 is 3.48. The molecule has 0 spiro atoms. The topological polar surface area (TPSA) is 39.2 Å². The SMILES string of the molecule is O=C(Cc1sc(-c2ccccc2)nc1-c1ccc(Cl)cc1)[O][Sn]([c]1ccccc1)([c]1ccccc1)[c]1ccccc1. The van der Waals surface area contributed by atoms with Crippen molar-refractivity contribution in [3.8, 4) is 21.8 Å². The van der Waals surface area contributed by atoms with Crippen LogP contribution < -0.4 is 10.7 Å². The van der Waals surface area contributed by atoms with Gasteiger partial charge in [0.05, 0.1) is 0 Å². The first kappa shape index (κ1) is 27.5. The molecule has 0 saturated carbocycles. The van der Waals surface area contributed by atoms with Gasteiger partial charge in [0.25, 0.3) is 0 Å². The van der Waals surface area contributed by atoms with Gasteiger partial charge in [0.15, 0.2) is 0 Å². The Bertz CT molecular complexity index is 1650. The number of benzene rings is 5. The molecule has 5 aromatic carbocycles. The van der Waals surface area contributed by atoms with Crippen molar-refractivity contribution in [1.82, 2.24) is 4.98 Å². The van der Waals surface area contributed by atoms with E-state index in [0.717, 1.165) is 37.4 Å². The third kappa shape index (κ3) is 5.87. The van der Waals surface area contributed by atoms with Gasteiger partial charge in [0.2, 0.25) is 0 Å². The number of hydrogen-bond acceptors (Lipinski definition) is 4. The molecule has 0 radical (unpaired) electrons. The minimum atomic E-state index is -4.24.